The zero-order chi connectivity index (χ0) is 24.1. The van der Waals surface area contributed by atoms with Crippen LogP contribution in [0.15, 0.2) is 77.7 Å². The molecule has 3 aromatic rings. The number of hydrogen-bond donors (Lipinski definition) is 1. The Bertz CT molecular complexity index is 1260. The smallest absolute Gasteiger partial charge is 0.293 e. The number of benzene rings is 3. The Hall–Kier alpha value is -3.55. The lowest BCUT2D eigenvalue weighted by atomic mass is 10.2. The normalized spacial score (nSPS) is 14.5. The third-order valence-electron chi connectivity index (χ3n) is 4.98. The Kier molecular flexibility index (Phi) is 7.35. The van der Waals surface area contributed by atoms with E-state index in [0.29, 0.717) is 21.4 Å². The summed E-state index contributed by atoms with van der Waals surface area (Å²) in [6.07, 6.45) is 1.67. The van der Waals surface area contributed by atoms with Crippen LogP contribution in [0.5, 0.6) is 5.75 Å². The first-order valence-corrected chi connectivity index (χ1v) is 11.7. The van der Waals surface area contributed by atoms with Gasteiger partial charge < -0.3 is 10.1 Å². The molecule has 3 aromatic carbocycles. The van der Waals surface area contributed by atoms with E-state index in [1.54, 1.807) is 54.6 Å². The van der Waals surface area contributed by atoms with Crippen LogP contribution in [0.2, 0.25) is 5.02 Å². The van der Waals surface area contributed by atoms with Gasteiger partial charge in [-0.15, -0.1) is 0 Å². The maximum Gasteiger partial charge on any atom is 0.293 e. The van der Waals surface area contributed by atoms with Gasteiger partial charge in [0.25, 0.3) is 17.1 Å². The molecule has 1 saturated heterocycles. The van der Waals surface area contributed by atoms with Crippen LogP contribution >= 0.6 is 23.4 Å². The molecule has 6 nitrogen and oxygen atoms in total. The van der Waals surface area contributed by atoms with Crippen molar-refractivity contribution < 1.29 is 19.1 Å². The Morgan fingerprint density at radius 3 is 2.50 bits per heavy atom. The highest BCUT2D eigenvalue weighted by molar-refractivity contribution is 8.18. The first-order chi connectivity index (χ1) is 16.4. The van der Waals surface area contributed by atoms with Crippen LogP contribution in [-0.2, 0) is 16.1 Å². The average molecular weight is 493 g/mol. The summed E-state index contributed by atoms with van der Waals surface area (Å²) in [6.45, 7) is 2.02. The van der Waals surface area contributed by atoms with Crippen LogP contribution in [0, 0.1) is 6.92 Å². The number of carbonyl (C=O) groups excluding carboxylic acids is 3. The maximum atomic E-state index is 12.7. The Morgan fingerprint density at radius 2 is 1.79 bits per heavy atom. The van der Waals surface area contributed by atoms with E-state index in [4.69, 9.17) is 16.3 Å². The van der Waals surface area contributed by atoms with Crippen LogP contribution in [0.25, 0.3) is 6.08 Å². The van der Waals surface area contributed by atoms with Crippen LogP contribution < -0.4 is 10.1 Å². The molecule has 3 amide bonds. The van der Waals surface area contributed by atoms with Gasteiger partial charge in [-0.05, 0) is 77.9 Å². The number of halogens is 1. The van der Waals surface area contributed by atoms with Crippen molar-refractivity contribution in [2.75, 3.05) is 11.9 Å². The predicted octanol–water partition coefficient (Wildman–Crippen LogP) is 5.90. The lowest BCUT2D eigenvalue weighted by Gasteiger charge is -2.12. The lowest BCUT2D eigenvalue weighted by Crippen LogP contribution is -2.27. The van der Waals surface area contributed by atoms with Gasteiger partial charge in [0.1, 0.15) is 5.75 Å². The van der Waals surface area contributed by atoms with Gasteiger partial charge in [0.05, 0.1) is 11.4 Å². The van der Waals surface area contributed by atoms with E-state index < -0.39 is 0 Å². The zero-order valence-electron chi connectivity index (χ0n) is 18.3. The number of nitrogens with zero attached hydrogens (tertiary/aromatic N) is 1. The first kappa shape index (κ1) is 23.6. The van der Waals surface area contributed by atoms with Crippen LogP contribution in [0.4, 0.5) is 10.5 Å². The summed E-state index contributed by atoms with van der Waals surface area (Å²) in [5, 5.41) is 3.07. The Balaban J connectivity index is 1.33. The Labute approximate surface area is 206 Å². The second kappa shape index (κ2) is 10.6. The average Bonchev–Trinajstić information content (AvgIpc) is 3.07. The molecule has 0 spiro atoms. The van der Waals surface area contributed by atoms with Crippen molar-refractivity contribution in [3.8, 4) is 5.75 Å². The molecule has 0 unspecified atom stereocenters. The van der Waals surface area contributed by atoms with Crippen LogP contribution in [-0.4, -0.2) is 28.6 Å². The van der Waals surface area contributed by atoms with Gasteiger partial charge in [0.15, 0.2) is 6.61 Å². The standard InChI is InChI=1S/C26H21ClN2O4S/c1-17-3-2-4-21(13-17)28-24(30)16-33-22-11-7-18(8-12-22)14-23-25(31)29(26(32)34-23)15-19-5-9-20(27)10-6-19/h2-14H,15-16H2,1H3,(H,28,30)/b23-14-. The summed E-state index contributed by atoms with van der Waals surface area (Å²) < 4.78 is 5.55. The van der Waals surface area contributed by atoms with Gasteiger partial charge in [0, 0.05) is 10.7 Å². The van der Waals surface area contributed by atoms with Crippen molar-refractivity contribution in [3.05, 3.63) is 99.4 Å². The molecular formula is C26H21ClN2O4S. The summed E-state index contributed by atoms with van der Waals surface area (Å²) in [4.78, 5) is 38.8. The third-order valence-corrected chi connectivity index (χ3v) is 6.14. The number of carbonyl (C=O) groups is 3. The van der Waals surface area contributed by atoms with Crippen molar-refractivity contribution in [3.63, 3.8) is 0 Å². The number of hydrogen-bond acceptors (Lipinski definition) is 5. The molecule has 1 N–H and O–H groups in total. The highest BCUT2D eigenvalue weighted by Gasteiger charge is 2.34. The van der Waals surface area contributed by atoms with E-state index in [1.165, 1.54) is 4.90 Å². The second-order valence-corrected chi connectivity index (χ2v) is 9.10. The van der Waals surface area contributed by atoms with E-state index in [2.05, 4.69) is 5.32 Å². The Morgan fingerprint density at radius 1 is 1.06 bits per heavy atom. The fourth-order valence-corrected chi connectivity index (χ4v) is 4.25. The van der Waals surface area contributed by atoms with Gasteiger partial charge in [0.2, 0.25) is 0 Å². The summed E-state index contributed by atoms with van der Waals surface area (Å²) in [6, 6.07) is 21.5. The van der Waals surface area contributed by atoms with Crippen molar-refractivity contribution in [2.45, 2.75) is 13.5 Å². The molecule has 1 aliphatic rings. The van der Waals surface area contributed by atoms with Crippen LogP contribution in [0.1, 0.15) is 16.7 Å². The molecule has 0 radical (unpaired) electrons. The molecule has 1 heterocycles. The molecule has 0 saturated carbocycles. The molecule has 0 aromatic heterocycles. The number of rotatable bonds is 7. The van der Waals surface area contributed by atoms with E-state index in [9.17, 15) is 14.4 Å². The number of nitrogens with one attached hydrogen (secondary N) is 1. The fourth-order valence-electron chi connectivity index (χ4n) is 3.29. The molecule has 0 atom stereocenters. The fraction of sp³-hybridized carbons (Fsp3) is 0.115. The van der Waals surface area contributed by atoms with Gasteiger partial charge in [-0.1, -0.05) is 48.0 Å². The van der Waals surface area contributed by atoms with Gasteiger partial charge in [-0.3, -0.25) is 19.3 Å². The lowest BCUT2D eigenvalue weighted by molar-refractivity contribution is -0.123. The zero-order valence-corrected chi connectivity index (χ0v) is 19.9. The molecular weight excluding hydrogens is 472 g/mol. The second-order valence-electron chi connectivity index (χ2n) is 7.67. The van der Waals surface area contributed by atoms with E-state index in [1.807, 2.05) is 31.2 Å². The van der Waals surface area contributed by atoms with Crippen molar-refractivity contribution >= 4 is 52.2 Å². The number of anilines is 1. The molecule has 0 bridgehead atoms. The van der Waals surface area contributed by atoms with Crippen molar-refractivity contribution in [1.29, 1.82) is 0 Å². The minimum absolute atomic E-state index is 0.128. The molecule has 0 aliphatic carbocycles. The maximum absolute atomic E-state index is 12.7. The number of amides is 3. The third kappa shape index (κ3) is 6.07. The van der Waals surface area contributed by atoms with Gasteiger partial charge in [-0.2, -0.15) is 0 Å². The van der Waals surface area contributed by atoms with Crippen molar-refractivity contribution in [1.82, 2.24) is 4.90 Å². The topological polar surface area (TPSA) is 75.7 Å². The quantitative estimate of drug-likeness (QED) is 0.415. The molecule has 8 heteroatoms. The highest BCUT2D eigenvalue weighted by Crippen LogP contribution is 2.33. The van der Waals surface area contributed by atoms with E-state index in [-0.39, 0.29) is 30.2 Å². The van der Waals surface area contributed by atoms with E-state index in [0.717, 1.165) is 28.5 Å². The van der Waals surface area contributed by atoms with Crippen molar-refractivity contribution in [2.24, 2.45) is 0 Å². The van der Waals surface area contributed by atoms with E-state index >= 15 is 0 Å². The number of aryl methyl sites for hydroxylation is 1. The molecule has 4 rings (SSSR count). The minimum Gasteiger partial charge on any atom is -0.484 e. The molecule has 1 fully saturated rings. The predicted molar refractivity (Wildman–Crippen MR) is 135 cm³/mol. The molecule has 172 valence electrons. The number of thioether (sulfide) groups is 1. The largest absolute Gasteiger partial charge is 0.484 e. The molecule has 34 heavy (non-hydrogen) atoms. The van der Waals surface area contributed by atoms with Gasteiger partial charge >= 0.3 is 0 Å². The summed E-state index contributed by atoms with van der Waals surface area (Å²) in [5.41, 5.74) is 3.33. The summed E-state index contributed by atoms with van der Waals surface area (Å²) in [7, 11) is 0. The highest BCUT2D eigenvalue weighted by atomic mass is 35.5. The summed E-state index contributed by atoms with van der Waals surface area (Å²) >= 11 is 6.80. The number of imide groups is 1. The molecule has 1 aliphatic heterocycles. The SMILES string of the molecule is Cc1cccc(NC(=O)COc2ccc(/C=C3\SC(=O)N(Cc4ccc(Cl)cc4)C3=O)cc2)c1. The van der Waals surface area contributed by atoms with Gasteiger partial charge in [-0.25, -0.2) is 0 Å². The monoisotopic (exact) mass is 492 g/mol. The number of ether oxygens (including phenoxy) is 1. The minimum atomic E-state index is -0.335. The summed E-state index contributed by atoms with van der Waals surface area (Å²) in [5.74, 6) is -0.0745. The first-order valence-electron chi connectivity index (χ1n) is 10.5. The van der Waals surface area contributed by atoms with Crippen LogP contribution in [0.3, 0.4) is 0 Å².